The van der Waals surface area contributed by atoms with E-state index in [0.717, 1.165) is 0 Å². The molecule has 0 aliphatic carbocycles. The van der Waals surface area contributed by atoms with Crippen molar-refractivity contribution < 1.29 is 18.7 Å². The van der Waals surface area contributed by atoms with E-state index in [2.05, 4.69) is 10.3 Å². The topological polar surface area (TPSA) is 68.3 Å². The van der Waals surface area contributed by atoms with Crippen LogP contribution in [0.4, 0.5) is 9.52 Å². The molecule has 128 valence electrons. The van der Waals surface area contributed by atoms with Crippen molar-refractivity contribution >= 4 is 38.4 Å². The standard InChI is InChI=1S/C18H15FN2O3S/c1-2-15(22)11-3-6-13(7-4-11)24-10-17(23)21-18-20-14-8-5-12(19)9-16(14)25-18/h3-9H,2,10H2,1H3,(H,20,21,23). The number of carbonyl (C=O) groups is 2. The van der Waals surface area contributed by atoms with E-state index in [1.807, 2.05) is 0 Å². The first-order valence-corrected chi connectivity index (χ1v) is 8.49. The summed E-state index contributed by atoms with van der Waals surface area (Å²) >= 11 is 1.19. The molecule has 1 amide bonds. The van der Waals surface area contributed by atoms with Crippen molar-refractivity contribution in [1.29, 1.82) is 0 Å². The molecule has 25 heavy (non-hydrogen) atoms. The molecule has 0 aliphatic heterocycles. The third-order valence-electron chi connectivity index (χ3n) is 3.46. The number of anilines is 1. The molecule has 0 aliphatic rings. The summed E-state index contributed by atoms with van der Waals surface area (Å²) in [6.07, 6.45) is 0.439. The maximum absolute atomic E-state index is 13.2. The molecule has 3 rings (SSSR count). The van der Waals surface area contributed by atoms with Crippen molar-refractivity contribution in [2.45, 2.75) is 13.3 Å². The number of Topliss-reactive ketones (excluding diaryl/α,β-unsaturated/α-hetero) is 1. The lowest BCUT2D eigenvalue weighted by Crippen LogP contribution is -2.20. The van der Waals surface area contributed by atoms with E-state index in [0.29, 0.717) is 33.1 Å². The van der Waals surface area contributed by atoms with Crippen molar-refractivity contribution in [2.75, 3.05) is 11.9 Å². The number of aromatic nitrogens is 1. The third-order valence-corrected chi connectivity index (χ3v) is 4.40. The van der Waals surface area contributed by atoms with Crippen LogP contribution < -0.4 is 10.1 Å². The quantitative estimate of drug-likeness (QED) is 0.675. The Bertz CT molecular complexity index is 922. The molecule has 3 aromatic rings. The summed E-state index contributed by atoms with van der Waals surface area (Å²) in [5.41, 5.74) is 1.24. The Morgan fingerprint density at radius 2 is 1.96 bits per heavy atom. The number of ether oxygens (including phenoxy) is 1. The zero-order valence-electron chi connectivity index (χ0n) is 13.4. The van der Waals surface area contributed by atoms with Gasteiger partial charge in [0.25, 0.3) is 5.91 Å². The fraction of sp³-hybridized carbons (Fsp3) is 0.167. The lowest BCUT2D eigenvalue weighted by molar-refractivity contribution is -0.118. The lowest BCUT2D eigenvalue weighted by atomic mass is 10.1. The van der Waals surface area contributed by atoms with Crippen LogP contribution in [-0.4, -0.2) is 23.3 Å². The largest absolute Gasteiger partial charge is 0.484 e. The van der Waals surface area contributed by atoms with Crippen LogP contribution in [0, 0.1) is 5.82 Å². The Kier molecular flexibility index (Phi) is 5.04. The number of benzene rings is 2. The fourth-order valence-electron chi connectivity index (χ4n) is 2.20. The number of rotatable bonds is 6. The fourth-order valence-corrected chi connectivity index (χ4v) is 3.10. The van der Waals surface area contributed by atoms with Crippen LogP contribution in [-0.2, 0) is 4.79 Å². The number of hydrogen-bond acceptors (Lipinski definition) is 5. The Labute approximate surface area is 147 Å². The highest BCUT2D eigenvalue weighted by Crippen LogP contribution is 2.26. The number of nitrogens with one attached hydrogen (secondary N) is 1. The number of ketones is 1. The number of fused-ring (bicyclic) bond motifs is 1. The van der Waals surface area contributed by atoms with Gasteiger partial charge in [-0.15, -0.1) is 0 Å². The normalized spacial score (nSPS) is 10.6. The smallest absolute Gasteiger partial charge is 0.264 e. The van der Waals surface area contributed by atoms with Gasteiger partial charge in [-0.2, -0.15) is 0 Å². The second-order valence-electron chi connectivity index (χ2n) is 5.27. The van der Waals surface area contributed by atoms with Crippen molar-refractivity contribution in [3.8, 4) is 5.75 Å². The predicted molar refractivity (Wildman–Crippen MR) is 94.8 cm³/mol. The summed E-state index contributed by atoms with van der Waals surface area (Å²) in [6.45, 7) is 1.61. The van der Waals surface area contributed by atoms with Crippen molar-refractivity contribution in [3.63, 3.8) is 0 Å². The highest BCUT2D eigenvalue weighted by molar-refractivity contribution is 7.22. The Balaban J connectivity index is 1.57. The maximum Gasteiger partial charge on any atom is 0.264 e. The van der Waals surface area contributed by atoms with E-state index in [9.17, 15) is 14.0 Å². The first-order chi connectivity index (χ1) is 12.0. The Morgan fingerprint density at radius 3 is 2.68 bits per heavy atom. The lowest BCUT2D eigenvalue weighted by Gasteiger charge is -2.06. The van der Waals surface area contributed by atoms with E-state index in [-0.39, 0.29) is 24.1 Å². The first-order valence-electron chi connectivity index (χ1n) is 7.67. The van der Waals surface area contributed by atoms with Gasteiger partial charge in [-0.05, 0) is 42.5 Å². The van der Waals surface area contributed by atoms with E-state index < -0.39 is 0 Å². The molecule has 0 unspecified atom stereocenters. The van der Waals surface area contributed by atoms with Gasteiger partial charge in [0.1, 0.15) is 11.6 Å². The van der Waals surface area contributed by atoms with Crippen LogP contribution in [0.2, 0.25) is 0 Å². The van der Waals surface area contributed by atoms with Crippen LogP contribution in [0.5, 0.6) is 5.75 Å². The number of carbonyl (C=O) groups excluding carboxylic acids is 2. The van der Waals surface area contributed by atoms with Crippen LogP contribution in [0.15, 0.2) is 42.5 Å². The predicted octanol–water partition coefficient (Wildman–Crippen LogP) is 4.05. The number of thiazole rings is 1. The zero-order chi connectivity index (χ0) is 17.8. The molecule has 7 heteroatoms. The molecule has 5 nitrogen and oxygen atoms in total. The summed E-state index contributed by atoms with van der Waals surface area (Å²) in [4.78, 5) is 27.7. The van der Waals surface area contributed by atoms with E-state index in [1.54, 1.807) is 37.3 Å². The Morgan fingerprint density at radius 1 is 1.20 bits per heavy atom. The van der Waals surface area contributed by atoms with Crippen molar-refractivity contribution in [3.05, 3.63) is 53.8 Å². The minimum Gasteiger partial charge on any atom is -0.484 e. The second kappa shape index (κ2) is 7.40. The van der Waals surface area contributed by atoms with Gasteiger partial charge in [-0.3, -0.25) is 14.9 Å². The molecule has 1 aromatic heterocycles. The van der Waals surface area contributed by atoms with Gasteiger partial charge in [0.2, 0.25) is 0 Å². The average molecular weight is 358 g/mol. The van der Waals surface area contributed by atoms with Gasteiger partial charge in [-0.1, -0.05) is 18.3 Å². The average Bonchev–Trinajstić information content (AvgIpc) is 3.01. The summed E-state index contributed by atoms with van der Waals surface area (Å²) in [6, 6.07) is 10.9. The van der Waals surface area contributed by atoms with Crippen molar-refractivity contribution in [2.24, 2.45) is 0 Å². The van der Waals surface area contributed by atoms with E-state index >= 15 is 0 Å². The molecular formula is C18H15FN2O3S. The minimum atomic E-state index is -0.367. The minimum absolute atomic E-state index is 0.0524. The molecule has 1 heterocycles. The van der Waals surface area contributed by atoms with Crippen molar-refractivity contribution in [1.82, 2.24) is 4.98 Å². The molecule has 0 saturated heterocycles. The van der Waals surface area contributed by atoms with Gasteiger partial charge < -0.3 is 4.74 Å². The second-order valence-corrected chi connectivity index (χ2v) is 6.30. The van der Waals surface area contributed by atoms with E-state index in [4.69, 9.17) is 4.74 Å². The van der Waals surface area contributed by atoms with Crippen LogP contribution >= 0.6 is 11.3 Å². The first kappa shape index (κ1) is 17.0. The van der Waals surface area contributed by atoms with E-state index in [1.165, 1.54) is 23.5 Å². The van der Waals surface area contributed by atoms with Crippen LogP contribution in [0.3, 0.4) is 0 Å². The van der Waals surface area contributed by atoms with Gasteiger partial charge in [-0.25, -0.2) is 9.37 Å². The molecule has 0 bridgehead atoms. The van der Waals surface area contributed by atoms with Gasteiger partial charge in [0, 0.05) is 12.0 Å². The summed E-state index contributed by atoms with van der Waals surface area (Å²) in [5.74, 6) is -0.165. The Hall–Kier alpha value is -2.80. The molecule has 0 fully saturated rings. The number of nitrogens with zero attached hydrogens (tertiary/aromatic N) is 1. The van der Waals surface area contributed by atoms with Crippen LogP contribution in [0.25, 0.3) is 10.2 Å². The molecule has 0 radical (unpaired) electrons. The summed E-state index contributed by atoms with van der Waals surface area (Å²) in [5, 5.41) is 3.01. The van der Waals surface area contributed by atoms with Gasteiger partial charge in [0.05, 0.1) is 10.2 Å². The monoisotopic (exact) mass is 358 g/mol. The number of halogens is 1. The number of hydrogen-bond donors (Lipinski definition) is 1. The van der Waals surface area contributed by atoms with Gasteiger partial charge in [0.15, 0.2) is 17.5 Å². The summed E-state index contributed by atoms with van der Waals surface area (Å²) < 4.78 is 19.2. The molecular weight excluding hydrogens is 343 g/mol. The third kappa shape index (κ3) is 4.19. The highest BCUT2D eigenvalue weighted by Gasteiger charge is 2.10. The molecule has 0 saturated carbocycles. The summed E-state index contributed by atoms with van der Waals surface area (Å²) in [7, 11) is 0. The highest BCUT2D eigenvalue weighted by atomic mass is 32.1. The molecule has 0 atom stereocenters. The molecule has 1 N–H and O–H groups in total. The molecule has 0 spiro atoms. The maximum atomic E-state index is 13.2. The zero-order valence-corrected chi connectivity index (χ0v) is 14.2. The van der Waals surface area contributed by atoms with Gasteiger partial charge >= 0.3 is 0 Å². The number of amides is 1. The van der Waals surface area contributed by atoms with Crippen LogP contribution in [0.1, 0.15) is 23.7 Å². The SMILES string of the molecule is CCC(=O)c1ccc(OCC(=O)Nc2nc3ccc(F)cc3s2)cc1. The molecule has 2 aromatic carbocycles.